The minimum atomic E-state index is 0.749. The molecule has 0 amide bonds. The molecule has 1 N–H and O–H groups in total. The number of nitrogens with one attached hydrogen (secondary N) is 1. The Labute approximate surface area is 115 Å². The summed E-state index contributed by atoms with van der Waals surface area (Å²) in [5.41, 5.74) is 2.43. The first-order valence-corrected chi connectivity index (χ1v) is 7.25. The molecule has 1 aromatic rings. The number of rotatable bonds is 4. The molecule has 0 aliphatic carbocycles. The van der Waals surface area contributed by atoms with Gasteiger partial charge in [0.1, 0.15) is 0 Å². The van der Waals surface area contributed by atoms with Crippen LogP contribution in [0.3, 0.4) is 0 Å². The van der Waals surface area contributed by atoms with Crippen molar-refractivity contribution in [1.82, 2.24) is 4.90 Å². The quantitative estimate of drug-likeness (QED) is 0.888. The monoisotopic (exact) mass is 266 g/mol. The van der Waals surface area contributed by atoms with Crippen molar-refractivity contribution in [3.63, 3.8) is 0 Å². The van der Waals surface area contributed by atoms with Gasteiger partial charge in [-0.25, -0.2) is 0 Å². The first kappa shape index (κ1) is 13.7. The van der Waals surface area contributed by atoms with Crippen LogP contribution in [0.5, 0.6) is 0 Å². The zero-order chi connectivity index (χ0) is 13.0. The minimum absolute atomic E-state index is 0.749. The smallest absolute Gasteiger partial charge is 0.0410 e. The van der Waals surface area contributed by atoms with Crippen LogP contribution >= 0.6 is 11.6 Å². The Bertz CT molecular complexity index is 392. The number of hydrogen-bond donors (Lipinski definition) is 1. The lowest BCUT2D eigenvalue weighted by Crippen LogP contribution is -2.37. The molecule has 0 bridgehead atoms. The van der Waals surface area contributed by atoms with Gasteiger partial charge in [-0.2, -0.15) is 0 Å². The highest BCUT2D eigenvalue weighted by molar-refractivity contribution is 6.30. The molecule has 1 aromatic carbocycles. The fourth-order valence-electron chi connectivity index (χ4n) is 2.71. The summed E-state index contributed by atoms with van der Waals surface area (Å²) in [4.78, 5) is 2.50. The fourth-order valence-corrected chi connectivity index (χ4v) is 2.93. The van der Waals surface area contributed by atoms with E-state index in [9.17, 15) is 0 Å². The van der Waals surface area contributed by atoms with Crippen LogP contribution in [-0.2, 0) is 0 Å². The third-order valence-corrected chi connectivity index (χ3v) is 4.14. The van der Waals surface area contributed by atoms with Gasteiger partial charge in [-0.05, 0) is 63.5 Å². The molecule has 1 saturated heterocycles. The zero-order valence-electron chi connectivity index (χ0n) is 11.4. The van der Waals surface area contributed by atoms with E-state index in [1.54, 1.807) is 0 Å². The van der Waals surface area contributed by atoms with Gasteiger partial charge in [0.2, 0.25) is 0 Å². The molecule has 1 aliphatic heterocycles. The molecule has 1 fully saturated rings. The van der Waals surface area contributed by atoms with Gasteiger partial charge in [0.25, 0.3) is 0 Å². The molecule has 3 heteroatoms. The molecule has 0 aromatic heterocycles. The van der Waals surface area contributed by atoms with Crippen LogP contribution in [0.1, 0.15) is 31.2 Å². The van der Waals surface area contributed by atoms with Crippen LogP contribution in [0.4, 0.5) is 5.69 Å². The lowest BCUT2D eigenvalue weighted by molar-refractivity contribution is 0.179. The van der Waals surface area contributed by atoms with Gasteiger partial charge in [0.05, 0.1) is 0 Å². The first-order valence-electron chi connectivity index (χ1n) is 6.87. The lowest BCUT2D eigenvalue weighted by Gasteiger charge is -2.32. The summed E-state index contributed by atoms with van der Waals surface area (Å²) in [6.07, 6.45) is 5.31. The summed E-state index contributed by atoms with van der Waals surface area (Å²) in [5.74, 6) is 0. The van der Waals surface area contributed by atoms with Crippen molar-refractivity contribution in [1.29, 1.82) is 0 Å². The van der Waals surface area contributed by atoms with Gasteiger partial charge in [-0.15, -0.1) is 0 Å². The van der Waals surface area contributed by atoms with Gasteiger partial charge < -0.3 is 10.2 Å². The average molecular weight is 267 g/mol. The summed E-state index contributed by atoms with van der Waals surface area (Å²) < 4.78 is 0. The number of likely N-dealkylation sites (tertiary alicyclic amines) is 1. The molecule has 1 heterocycles. The molecular formula is C15H23ClN2. The second-order valence-electron chi connectivity index (χ2n) is 5.30. The van der Waals surface area contributed by atoms with Crippen LogP contribution in [0.25, 0.3) is 0 Å². The van der Waals surface area contributed by atoms with E-state index >= 15 is 0 Å². The molecule has 1 unspecified atom stereocenters. The molecule has 0 saturated carbocycles. The van der Waals surface area contributed by atoms with Crippen molar-refractivity contribution >= 4 is 17.3 Å². The molecule has 100 valence electrons. The summed E-state index contributed by atoms with van der Waals surface area (Å²) in [6.45, 7) is 4.39. The largest absolute Gasteiger partial charge is 0.385 e. The normalized spacial score (nSPS) is 20.9. The maximum atomic E-state index is 5.96. The SMILES string of the molecule is Cc1cc(Cl)ccc1NCCC1CCCCN1C. The molecule has 0 radical (unpaired) electrons. The summed E-state index contributed by atoms with van der Waals surface area (Å²) in [6, 6.07) is 6.78. The van der Waals surface area contributed by atoms with Crippen LogP contribution in [0.2, 0.25) is 5.02 Å². The van der Waals surface area contributed by atoms with E-state index < -0.39 is 0 Å². The predicted octanol–water partition coefficient (Wildman–Crippen LogP) is 3.93. The number of benzene rings is 1. The van der Waals surface area contributed by atoms with E-state index in [1.165, 1.54) is 43.5 Å². The van der Waals surface area contributed by atoms with Gasteiger partial charge >= 0.3 is 0 Å². The average Bonchev–Trinajstić information content (AvgIpc) is 2.34. The van der Waals surface area contributed by atoms with Crippen LogP contribution < -0.4 is 5.32 Å². The third-order valence-electron chi connectivity index (χ3n) is 3.90. The van der Waals surface area contributed by atoms with Crippen molar-refractivity contribution in [3.8, 4) is 0 Å². The predicted molar refractivity (Wildman–Crippen MR) is 79.6 cm³/mol. The first-order chi connectivity index (χ1) is 8.66. The summed E-state index contributed by atoms with van der Waals surface area (Å²) >= 11 is 5.96. The van der Waals surface area contributed by atoms with Gasteiger partial charge in [0, 0.05) is 23.3 Å². The molecule has 18 heavy (non-hydrogen) atoms. The van der Waals surface area contributed by atoms with E-state index in [4.69, 9.17) is 11.6 Å². The van der Waals surface area contributed by atoms with E-state index in [1.807, 2.05) is 12.1 Å². The Kier molecular flexibility index (Phi) is 4.90. The van der Waals surface area contributed by atoms with Crippen molar-refractivity contribution < 1.29 is 0 Å². The standard InChI is InChI=1S/C15H23ClN2/c1-12-11-13(16)6-7-15(12)17-9-8-14-5-3-4-10-18(14)2/h6-7,11,14,17H,3-5,8-10H2,1-2H3. The van der Waals surface area contributed by atoms with E-state index in [2.05, 4.69) is 30.3 Å². The molecule has 1 aliphatic rings. The van der Waals surface area contributed by atoms with Crippen molar-refractivity contribution in [2.24, 2.45) is 0 Å². The van der Waals surface area contributed by atoms with E-state index in [0.29, 0.717) is 0 Å². The van der Waals surface area contributed by atoms with Gasteiger partial charge in [0.15, 0.2) is 0 Å². The number of nitrogens with zero attached hydrogens (tertiary/aromatic N) is 1. The Hall–Kier alpha value is -0.730. The molecule has 2 rings (SSSR count). The second kappa shape index (κ2) is 6.44. The Morgan fingerprint density at radius 1 is 1.39 bits per heavy atom. The molecule has 2 nitrogen and oxygen atoms in total. The van der Waals surface area contributed by atoms with Crippen molar-refractivity contribution in [2.45, 2.75) is 38.6 Å². The number of piperidine rings is 1. The van der Waals surface area contributed by atoms with Crippen molar-refractivity contribution in [3.05, 3.63) is 28.8 Å². The number of anilines is 1. The number of halogens is 1. The minimum Gasteiger partial charge on any atom is -0.385 e. The Balaban J connectivity index is 1.81. The maximum Gasteiger partial charge on any atom is 0.0410 e. The lowest BCUT2D eigenvalue weighted by atomic mass is 10.00. The maximum absolute atomic E-state index is 5.96. The van der Waals surface area contributed by atoms with Gasteiger partial charge in [-0.1, -0.05) is 18.0 Å². The summed E-state index contributed by atoms with van der Waals surface area (Å²) in [5, 5.41) is 4.33. The highest BCUT2D eigenvalue weighted by Crippen LogP contribution is 2.21. The van der Waals surface area contributed by atoms with E-state index in [-0.39, 0.29) is 0 Å². The molecule has 0 spiro atoms. The van der Waals surface area contributed by atoms with E-state index in [0.717, 1.165) is 17.6 Å². The highest BCUT2D eigenvalue weighted by Gasteiger charge is 2.17. The van der Waals surface area contributed by atoms with Crippen LogP contribution in [0, 0.1) is 6.92 Å². The topological polar surface area (TPSA) is 15.3 Å². The number of hydrogen-bond acceptors (Lipinski definition) is 2. The highest BCUT2D eigenvalue weighted by atomic mass is 35.5. The van der Waals surface area contributed by atoms with Crippen LogP contribution in [0.15, 0.2) is 18.2 Å². The van der Waals surface area contributed by atoms with Crippen molar-refractivity contribution in [2.75, 3.05) is 25.5 Å². The number of aryl methyl sites for hydroxylation is 1. The zero-order valence-corrected chi connectivity index (χ0v) is 12.1. The summed E-state index contributed by atoms with van der Waals surface area (Å²) in [7, 11) is 2.25. The Morgan fingerprint density at radius 2 is 2.22 bits per heavy atom. The molecular weight excluding hydrogens is 244 g/mol. The van der Waals surface area contributed by atoms with Gasteiger partial charge in [-0.3, -0.25) is 0 Å². The third kappa shape index (κ3) is 3.63. The second-order valence-corrected chi connectivity index (χ2v) is 5.74. The fraction of sp³-hybridized carbons (Fsp3) is 0.600. The Morgan fingerprint density at radius 3 is 2.94 bits per heavy atom. The molecule has 1 atom stereocenters. The van der Waals surface area contributed by atoms with Crippen LogP contribution in [-0.4, -0.2) is 31.1 Å².